The van der Waals surface area contributed by atoms with Crippen LogP contribution in [0.2, 0.25) is 0 Å². The second-order valence-electron chi connectivity index (χ2n) is 12.2. The smallest absolute Gasteiger partial charge is 0.142 e. The van der Waals surface area contributed by atoms with E-state index in [0.717, 1.165) is 24.5 Å². The molecule has 3 aromatic carbocycles. The van der Waals surface area contributed by atoms with Gasteiger partial charge in [-0.1, -0.05) is 19.9 Å². The lowest BCUT2D eigenvalue weighted by atomic mass is 9.39. The van der Waals surface area contributed by atoms with Crippen LogP contribution in [0.3, 0.4) is 0 Å². The molecule has 188 valence electrons. The van der Waals surface area contributed by atoms with Crippen LogP contribution in [0, 0.1) is 16.7 Å². The highest BCUT2D eigenvalue weighted by atomic mass is 16.5. The van der Waals surface area contributed by atoms with Crippen LogP contribution in [0.15, 0.2) is 54.6 Å². The van der Waals surface area contributed by atoms with Gasteiger partial charge in [0, 0.05) is 29.2 Å². The molecule has 0 aliphatic heterocycles. The Kier molecular flexibility index (Phi) is 4.91. The second-order valence-corrected chi connectivity index (χ2v) is 12.2. The van der Waals surface area contributed by atoms with Crippen molar-refractivity contribution in [3.05, 3.63) is 60.2 Å². The molecule has 6 nitrogen and oxygen atoms in total. The number of ether oxygens (including phenoxy) is 2. The predicted molar refractivity (Wildman–Crippen MR) is 141 cm³/mol. The molecule has 7 rings (SSSR count). The third-order valence-corrected chi connectivity index (χ3v) is 8.62. The predicted octanol–water partition coefficient (Wildman–Crippen LogP) is 7.09. The first-order chi connectivity index (χ1) is 17.0. The lowest BCUT2D eigenvalue weighted by Gasteiger charge is -2.65. The van der Waals surface area contributed by atoms with Gasteiger partial charge in [0.1, 0.15) is 34.5 Å². The molecule has 3 aromatic rings. The Balaban J connectivity index is 1.42. The van der Waals surface area contributed by atoms with Gasteiger partial charge in [-0.2, -0.15) is 0 Å². The number of benzene rings is 3. The maximum atomic E-state index is 10.2. The molecule has 4 bridgehead atoms. The summed E-state index contributed by atoms with van der Waals surface area (Å²) in [4.78, 5) is 0. The van der Waals surface area contributed by atoms with E-state index in [2.05, 4.69) is 19.9 Å². The van der Waals surface area contributed by atoms with E-state index in [4.69, 9.17) is 20.9 Å². The third-order valence-electron chi connectivity index (χ3n) is 8.62. The van der Waals surface area contributed by atoms with Crippen molar-refractivity contribution in [2.24, 2.45) is 16.7 Å². The molecule has 0 amide bonds. The number of phenols is 2. The SMILES string of the molecule is CC12CC3CC(C)(C1)CC(c1ccc(Oc4ccc(N)c(O)c4)cc1Oc1ccc(N)c(O)c1)(C3)C2. The van der Waals surface area contributed by atoms with E-state index in [-0.39, 0.29) is 16.9 Å². The molecular formula is C30H34N2O4. The van der Waals surface area contributed by atoms with E-state index < -0.39 is 0 Å². The Hall–Kier alpha value is -3.54. The number of hydrogen-bond acceptors (Lipinski definition) is 6. The van der Waals surface area contributed by atoms with Gasteiger partial charge in [-0.15, -0.1) is 0 Å². The van der Waals surface area contributed by atoms with Crippen molar-refractivity contribution < 1.29 is 19.7 Å². The van der Waals surface area contributed by atoms with Crippen LogP contribution in [0.5, 0.6) is 34.5 Å². The molecule has 36 heavy (non-hydrogen) atoms. The van der Waals surface area contributed by atoms with Crippen LogP contribution in [-0.4, -0.2) is 10.2 Å². The molecule has 0 radical (unpaired) electrons. The Morgan fingerprint density at radius 1 is 0.694 bits per heavy atom. The fourth-order valence-corrected chi connectivity index (χ4v) is 8.27. The minimum atomic E-state index is -0.0204. The van der Waals surface area contributed by atoms with Crippen LogP contribution in [0.4, 0.5) is 11.4 Å². The standard InChI is InChI=1S/C30H34N2O4/c1-28-12-18-13-29(2,15-28)17-30(14-18,16-28)22-6-3-21(35-19-4-7-23(31)25(33)9-19)11-27(22)36-20-5-8-24(32)26(34)10-20/h3-11,18,33-34H,12-17,31-32H2,1-2H3. The summed E-state index contributed by atoms with van der Waals surface area (Å²) >= 11 is 0. The molecule has 0 aromatic heterocycles. The minimum Gasteiger partial charge on any atom is -0.506 e. The highest BCUT2D eigenvalue weighted by Crippen LogP contribution is 2.70. The highest BCUT2D eigenvalue weighted by Gasteiger charge is 2.61. The van der Waals surface area contributed by atoms with Gasteiger partial charge in [-0.05, 0) is 85.6 Å². The molecule has 2 unspecified atom stereocenters. The summed E-state index contributed by atoms with van der Waals surface area (Å²) in [6.45, 7) is 4.93. The summed E-state index contributed by atoms with van der Waals surface area (Å²) in [7, 11) is 0. The first-order valence-electron chi connectivity index (χ1n) is 12.7. The van der Waals surface area contributed by atoms with Gasteiger partial charge in [0.05, 0.1) is 11.4 Å². The van der Waals surface area contributed by atoms with Crippen molar-refractivity contribution in [2.75, 3.05) is 11.5 Å². The number of rotatable bonds is 5. The van der Waals surface area contributed by atoms with Crippen molar-refractivity contribution in [1.29, 1.82) is 0 Å². The average Bonchev–Trinajstić information content (AvgIpc) is 2.76. The van der Waals surface area contributed by atoms with Crippen molar-refractivity contribution in [3.63, 3.8) is 0 Å². The number of nitrogens with two attached hydrogens (primary N) is 2. The van der Waals surface area contributed by atoms with Gasteiger partial charge in [0.2, 0.25) is 0 Å². The highest BCUT2D eigenvalue weighted by molar-refractivity contribution is 5.57. The summed E-state index contributed by atoms with van der Waals surface area (Å²) in [6.07, 6.45) is 7.40. The Labute approximate surface area is 211 Å². The zero-order valence-electron chi connectivity index (χ0n) is 20.9. The molecule has 0 spiro atoms. The van der Waals surface area contributed by atoms with Crippen molar-refractivity contribution >= 4 is 11.4 Å². The lowest BCUT2D eigenvalue weighted by molar-refractivity contribution is -0.110. The number of hydrogen-bond donors (Lipinski definition) is 4. The zero-order valence-corrected chi connectivity index (χ0v) is 20.9. The Bertz CT molecular complexity index is 1330. The van der Waals surface area contributed by atoms with Gasteiger partial charge in [-0.25, -0.2) is 0 Å². The fourth-order valence-electron chi connectivity index (χ4n) is 8.27. The summed E-state index contributed by atoms with van der Waals surface area (Å²) < 4.78 is 12.5. The zero-order chi connectivity index (χ0) is 25.3. The Morgan fingerprint density at radius 3 is 1.78 bits per heavy atom. The van der Waals surface area contributed by atoms with Crippen molar-refractivity contribution in [3.8, 4) is 34.5 Å². The monoisotopic (exact) mass is 486 g/mol. The maximum Gasteiger partial charge on any atom is 0.142 e. The van der Waals surface area contributed by atoms with Crippen LogP contribution in [0.1, 0.15) is 57.9 Å². The molecule has 4 fully saturated rings. The van der Waals surface area contributed by atoms with Crippen molar-refractivity contribution in [1.82, 2.24) is 0 Å². The lowest BCUT2D eigenvalue weighted by Crippen LogP contribution is -2.56. The first-order valence-corrected chi connectivity index (χ1v) is 12.7. The van der Waals surface area contributed by atoms with Crippen LogP contribution in [0.25, 0.3) is 0 Å². The number of phenolic OH excluding ortho intramolecular Hbond substituents is 2. The summed E-state index contributed by atoms with van der Waals surface area (Å²) in [5, 5.41) is 20.2. The number of aromatic hydroxyl groups is 2. The number of nitrogen functional groups attached to an aromatic ring is 2. The third kappa shape index (κ3) is 3.89. The molecule has 6 heteroatoms. The largest absolute Gasteiger partial charge is 0.506 e. The molecule has 0 heterocycles. The summed E-state index contributed by atoms with van der Waals surface area (Å²) in [5.41, 5.74) is 14.1. The van der Waals surface area contributed by atoms with E-state index in [1.54, 1.807) is 30.3 Å². The van der Waals surface area contributed by atoms with Crippen LogP contribution in [-0.2, 0) is 5.41 Å². The van der Waals surface area contributed by atoms with Gasteiger partial charge in [0.25, 0.3) is 0 Å². The molecule has 6 N–H and O–H groups in total. The van der Waals surface area contributed by atoms with Crippen molar-refractivity contribution in [2.45, 2.75) is 57.8 Å². The van der Waals surface area contributed by atoms with E-state index in [1.807, 2.05) is 12.1 Å². The average molecular weight is 487 g/mol. The normalized spacial score (nSPS) is 30.3. The minimum absolute atomic E-state index is 0.00590. The molecule has 2 atom stereocenters. The van der Waals surface area contributed by atoms with Gasteiger partial charge >= 0.3 is 0 Å². The summed E-state index contributed by atoms with van der Waals surface area (Å²) in [5.74, 6) is 3.04. The van der Waals surface area contributed by atoms with E-state index in [9.17, 15) is 10.2 Å². The van der Waals surface area contributed by atoms with Gasteiger partial charge < -0.3 is 31.2 Å². The van der Waals surface area contributed by atoms with Gasteiger partial charge in [-0.3, -0.25) is 0 Å². The van der Waals surface area contributed by atoms with Crippen LogP contribution < -0.4 is 20.9 Å². The molecular weight excluding hydrogens is 452 g/mol. The first kappa shape index (κ1) is 22.9. The molecule has 4 aliphatic carbocycles. The topological polar surface area (TPSA) is 111 Å². The molecule has 4 aliphatic rings. The second kappa shape index (κ2) is 7.73. The fraction of sp³-hybridized carbons (Fsp3) is 0.400. The Morgan fingerprint density at radius 2 is 1.22 bits per heavy atom. The molecule has 0 saturated heterocycles. The molecule has 4 saturated carbocycles. The summed E-state index contributed by atoms with van der Waals surface area (Å²) in [6, 6.07) is 15.9. The van der Waals surface area contributed by atoms with E-state index in [0.29, 0.717) is 39.5 Å². The maximum absolute atomic E-state index is 10.2. The van der Waals surface area contributed by atoms with E-state index in [1.165, 1.54) is 37.3 Å². The van der Waals surface area contributed by atoms with Gasteiger partial charge in [0.15, 0.2) is 0 Å². The number of anilines is 2. The van der Waals surface area contributed by atoms with Crippen LogP contribution >= 0.6 is 0 Å². The van der Waals surface area contributed by atoms with E-state index >= 15 is 0 Å². The quantitative estimate of drug-likeness (QED) is 0.226.